The van der Waals surface area contributed by atoms with Crippen molar-refractivity contribution in [3.8, 4) is 0 Å². The average molecular weight is 232 g/mol. The molecule has 84 valence electrons. The third-order valence-corrected chi connectivity index (χ3v) is 2.03. The van der Waals surface area contributed by atoms with Crippen LogP contribution in [0.3, 0.4) is 0 Å². The van der Waals surface area contributed by atoms with Crippen LogP contribution in [0.25, 0.3) is 0 Å². The third kappa shape index (κ3) is 4.60. The predicted octanol–water partition coefficient (Wildman–Crippen LogP) is 2.73. The van der Waals surface area contributed by atoms with Crippen LogP contribution in [-0.2, 0) is 11.3 Å². The molecule has 0 aromatic heterocycles. The van der Waals surface area contributed by atoms with Crippen molar-refractivity contribution in [2.24, 2.45) is 5.73 Å². The fraction of sp³-hybridized carbons (Fsp3) is 0.455. The lowest BCUT2D eigenvalue weighted by atomic mass is 10.1. The quantitative estimate of drug-likeness (QED) is 0.865. The zero-order valence-electron chi connectivity index (χ0n) is 8.89. The Kier molecular flexibility index (Phi) is 4.08. The molecule has 2 nitrogen and oxygen atoms in total. The maximum Gasteiger partial charge on any atom is 0.142 e. The Hall–Kier alpha value is -0.640. The summed E-state index contributed by atoms with van der Waals surface area (Å²) in [5.74, 6) is -0.426. The maximum atomic E-state index is 13.0. The van der Waals surface area contributed by atoms with E-state index in [-0.39, 0.29) is 10.6 Å². The van der Waals surface area contributed by atoms with Crippen LogP contribution in [-0.4, -0.2) is 12.1 Å². The molecule has 1 rings (SSSR count). The number of ether oxygens (including phenoxy) is 1. The van der Waals surface area contributed by atoms with E-state index in [1.54, 1.807) is 6.07 Å². The molecule has 0 spiro atoms. The first-order valence-electron chi connectivity index (χ1n) is 4.69. The maximum absolute atomic E-state index is 13.0. The highest BCUT2D eigenvalue weighted by Gasteiger charge is 2.10. The van der Waals surface area contributed by atoms with Gasteiger partial charge in [0.15, 0.2) is 0 Å². The number of nitrogens with two attached hydrogens (primary N) is 1. The molecule has 0 heterocycles. The molecule has 0 saturated heterocycles. The predicted molar refractivity (Wildman–Crippen MR) is 59.3 cm³/mol. The van der Waals surface area contributed by atoms with Gasteiger partial charge in [0.05, 0.1) is 18.2 Å². The number of hydrogen-bond donors (Lipinski definition) is 1. The average Bonchev–Trinajstić information content (AvgIpc) is 2.09. The van der Waals surface area contributed by atoms with Crippen LogP contribution >= 0.6 is 11.6 Å². The van der Waals surface area contributed by atoms with Gasteiger partial charge < -0.3 is 10.5 Å². The Balaban J connectivity index is 2.48. The van der Waals surface area contributed by atoms with Gasteiger partial charge in [-0.25, -0.2) is 4.39 Å². The monoisotopic (exact) mass is 231 g/mol. The fourth-order valence-corrected chi connectivity index (χ4v) is 1.18. The Morgan fingerprint density at radius 2 is 2.13 bits per heavy atom. The van der Waals surface area contributed by atoms with Crippen molar-refractivity contribution in [2.45, 2.75) is 26.0 Å². The lowest BCUT2D eigenvalue weighted by Crippen LogP contribution is -2.37. The minimum absolute atomic E-state index is 0.123. The molecule has 0 bridgehead atoms. The van der Waals surface area contributed by atoms with Crippen molar-refractivity contribution in [1.82, 2.24) is 0 Å². The lowest BCUT2D eigenvalue weighted by molar-refractivity contribution is 0.0849. The summed E-state index contributed by atoms with van der Waals surface area (Å²) in [6.45, 7) is 4.51. The Bertz CT molecular complexity index is 336. The molecular weight excluding hydrogens is 217 g/mol. The van der Waals surface area contributed by atoms with Crippen LogP contribution < -0.4 is 5.73 Å². The van der Waals surface area contributed by atoms with E-state index in [0.717, 1.165) is 5.56 Å². The summed E-state index contributed by atoms with van der Waals surface area (Å²) in [7, 11) is 0. The van der Waals surface area contributed by atoms with Gasteiger partial charge in [-0.05, 0) is 31.5 Å². The number of hydrogen-bond acceptors (Lipinski definition) is 2. The normalized spacial score (nSPS) is 11.8. The van der Waals surface area contributed by atoms with E-state index in [1.165, 1.54) is 12.1 Å². The highest BCUT2D eigenvalue weighted by atomic mass is 35.5. The fourth-order valence-electron chi connectivity index (χ4n) is 1.06. The summed E-state index contributed by atoms with van der Waals surface area (Å²) < 4.78 is 18.4. The van der Waals surface area contributed by atoms with Gasteiger partial charge in [0.1, 0.15) is 5.82 Å². The first-order chi connectivity index (χ1) is 6.88. The second-order valence-corrected chi connectivity index (χ2v) is 4.64. The largest absolute Gasteiger partial charge is 0.375 e. The Labute approximate surface area is 94.2 Å². The van der Waals surface area contributed by atoms with Crippen molar-refractivity contribution in [2.75, 3.05) is 6.61 Å². The SMILES string of the molecule is CC(C)(N)COCc1ccc(Cl)c(F)c1. The van der Waals surface area contributed by atoms with Gasteiger partial charge in [-0.15, -0.1) is 0 Å². The van der Waals surface area contributed by atoms with Crippen molar-refractivity contribution in [3.05, 3.63) is 34.6 Å². The van der Waals surface area contributed by atoms with E-state index < -0.39 is 5.82 Å². The third-order valence-electron chi connectivity index (χ3n) is 1.73. The van der Waals surface area contributed by atoms with Crippen LogP contribution in [0.5, 0.6) is 0 Å². The van der Waals surface area contributed by atoms with Crippen molar-refractivity contribution in [1.29, 1.82) is 0 Å². The molecule has 15 heavy (non-hydrogen) atoms. The number of rotatable bonds is 4. The molecule has 0 radical (unpaired) electrons. The van der Waals surface area contributed by atoms with E-state index in [9.17, 15) is 4.39 Å². The molecule has 1 aromatic rings. The van der Waals surface area contributed by atoms with Gasteiger partial charge >= 0.3 is 0 Å². The highest BCUT2D eigenvalue weighted by molar-refractivity contribution is 6.30. The summed E-state index contributed by atoms with van der Waals surface area (Å²) in [6.07, 6.45) is 0. The summed E-state index contributed by atoms with van der Waals surface area (Å²) in [5.41, 5.74) is 6.11. The molecular formula is C11H15ClFNO. The summed E-state index contributed by atoms with van der Waals surface area (Å²) in [5, 5.41) is 0.123. The first kappa shape index (κ1) is 12.4. The van der Waals surface area contributed by atoms with E-state index in [4.69, 9.17) is 22.1 Å². The number of halogens is 2. The Morgan fingerprint density at radius 3 is 2.67 bits per heavy atom. The zero-order chi connectivity index (χ0) is 11.5. The van der Waals surface area contributed by atoms with Crippen LogP contribution in [0, 0.1) is 5.82 Å². The second-order valence-electron chi connectivity index (χ2n) is 4.23. The molecule has 0 fully saturated rings. The van der Waals surface area contributed by atoms with E-state index in [2.05, 4.69) is 0 Å². The van der Waals surface area contributed by atoms with E-state index in [1.807, 2.05) is 13.8 Å². The smallest absolute Gasteiger partial charge is 0.142 e. The van der Waals surface area contributed by atoms with E-state index >= 15 is 0 Å². The topological polar surface area (TPSA) is 35.2 Å². The van der Waals surface area contributed by atoms with Gasteiger partial charge in [0, 0.05) is 5.54 Å². The lowest BCUT2D eigenvalue weighted by Gasteiger charge is -2.18. The highest BCUT2D eigenvalue weighted by Crippen LogP contribution is 2.16. The minimum Gasteiger partial charge on any atom is -0.375 e. The molecule has 4 heteroatoms. The molecule has 0 aliphatic heterocycles. The van der Waals surface area contributed by atoms with Crippen LogP contribution in [0.15, 0.2) is 18.2 Å². The van der Waals surface area contributed by atoms with Crippen LogP contribution in [0.4, 0.5) is 4.39 Å². The molecule has 0 unspecified atom stereocenters. The van der Waals surface area contributed by atoms with Gasteiger partial charge in [-0.3, -0.25) is 0 Å². The molecule has 0 saturated carbocycles. The summed E-state index contributed by atoms with van der Waals surface area (Å²) in [6, 6.07) is 4.62. The molecule has 0 aliphatic carbocycles. The van der Waals surface area contributed by atoms with Gasteiger partial charge in [0.2, 0.25) is 0 Å². The second kappa shape index (κ2) is 4.92. The molecule has 2 N–H and O–H groups in total. The molecule has 0 aliphatic rings. The van der Waals surface area contributed by atoms with Gasteiger partial charge in [-0.2, -0.15) is 0 Å². The van der Waals surface area contributed by atoms with Crippen molar-refractivity contribution >= 4 is 11.6 Å². The van der Waals surface area contributed by atoms with Gasteiger partial charge in [-0.1, -0.05) is 17.7 Å². The first-order valence-corrected chi connectivity index (χ1v) is 5.07. The minimum atomic E-state index is -0.426. The van der Waals surface area contributed by atoms with Crippen molar-refractivity contribution < 1.29 is 9.13 Å². The standard InChI is InChI=1S/C11H15ClFNO/c1-11(2,14)7-15-6-8-3-4-9(12)10(13)5-8/h3-5H,6-7,14H2,1-2H3. The molecule has 0 atom stereocenters. The van der Waals surface area contributed by atoms with E-state index in [0.29, 0.717) is 13.2 Å². The van der Waals surface area contributed by atoms with Crippen LogP contribution in [0.2, 0.25) is 5.02 Å². The number of benzene rings is 1. The summed E-state index contributed by atoms with van der Waals surface area (Å²) in [4.78, 5) is 0. The zero-order valence-corrected chi connectivity index (χ0v) is 9.64. The van der Waals surface area contributed by atoms with Gasteiger partial charge in [0.25, 0.3) is 0 Å². The van der Waals surface area contributed by atoms with Crippen molar-refractivity contribution in [3.63, 3.8) is 0 Å². The molecule has 1 aromatic carbocycles. The summed E-state index contributed by atoms with van der Waals surface area (Å²) >= 11 is 5.55. The van der Waals surface area contributed by atoms with Crippen LogP contribution in [0.1, 0.15) is 19.4 Å². The Morgan fingerprint density at radius 1 is 1.47 bits per heavy atom. The molecule has 0 amide bonds.